The van der Waals surface area contributed by atoms with Gasteiger partial charge in [-0.1, -0.05) is 206 Å². The van der Waals surface area contributed by atoms with Crippen molar-refractivity contribution in [1.82, 2.24) is 4.57 Å². The first-order valence-corrected chi connectivity index (χ1v) is 22.8. The van der Waals surface area contributed by atoms with Crippen molar-refractivity contribution in [3.63, 3.8) is 0 Å². The quantitative estimate of drug-likeness (QED) is 0.158. The summed E-state index contributed by atoms with van der Waals surface area (Å²) < 4.78 is 9.57. The first-order chi connectivity index (χ1) is 32.8. The lowest BCUT2D eigenvalue weighted by atomic mass is 9.83. The predicted octanol–water partition coefficient (Wildman–Crippen LogP) is 18.0. The number of benzene rings is 12. The summed E-state index contributed by atoms with van der Waals surface area (Å²) >= 11 is 0. The van der Waals surface area contributed by atoms with Gasteiger partial charge in [0.25, 0.3) is 0 Å². The second kappa shape index (κ2) is 14.4. The number of nitrogens with zero attached hydrogens (tertiary/aromatic N) is 1. The van der Waals surface area contributed by atoms with Gasteiger partial charge in [0.15, 0.2) is 0 Å². The van der Waals surface area contributed by atoms with Crippen LogP contribution in [0.25, 0.3) is 137 Å². The van der Waals surface area contributed by atoms with Gasteiger partial charge >= 0.3 is 0 Å². The highest BCUT2D eigenvalue weighted by atomic mass is 16.3. The van der Waals surface area contributed by atoms with Crippen LogP contribution in [0.1, 0.15) is 0 Å². The largest absolute Gasteiger partial charge is 0.455 e. The smallest absolute Gasteiger partial charge is 0.143 e. The molecule has 0 unspecified atom stereocenters. The van der Waals surface area contributed by atoms with E-state index in [4.69, 9.17) is 4.42 Å². The van der Waals surface area contributed by atoms with Crippen molar-refractivity contribution in [2.75, 3.05) is 0 Å². The third-order valence-electron chi connectivity index (χ3n) is 14.0. The molecular weight excluding hydrogens is 799 g/mol. The zero-order valence-electron chi connectivity index (χ0n) is 35.9. The van der Waals surface area contributed by atoms with Crippen molar-refractivity contribution < 1.29 is 4.42 Å². The topological polar surface area (TPSA) is 18.1 Å². The van der Waals surface area contributed by atoms with Crippen LogP contribution in [0.15, 0.2) is 241 Å². The van der Waals surface area contributed by atoms with E-state index in [1.165, 1.54) is 98.3 Å². The lowest BCUT2D eigenvalue weighted by Gasteiger charge is -2.19. The number of aromatic nitrogens is 1. The highest BCUT2D eigenvalue weighted by molar-refractivity contribution is 6.30. The van der Waals surface area contributed by atoms with Gasteiger partial charge < -0.3 is 8.98 Å². The van der Waals surface area contributed by atoms with E-state index in [9.17, 15) is 0 Å². The molecule has 0 aliphatic rings. The molecule has 2 heteroatoms. The molecule has 0 amide bonds. The van der Waals surface area contributed by atoms with Crippen LogP contribution in [0.3, 0.4) is 0 Å². The van der Waals surface area contributed by atoms with Crippen LogP contribution in [0.4, 0.5) is 0 Å². The van der Waals surface area contributed by atoms with Crippen molar-refractivity contribution in [3.8, 4) is 50.2 Å². The van der Waals surface area contributed by atoms with Crippen molar-refractivity contribution >= 4 is 86.8 Å². The van der Waals surface area contributed by atoms with E-state index in [1.54, 1.807) is 0 Å². The van der Waals surface area contributed by atoms with Crippen molar-refractivity contribution in [1.29, 1.82) is 0 Å². The maximum absolute atomic E-state index is 7.16. The van der Waals surface area contributed by atoms with Gasteiger partial charge in [0.1, 0.15) is 11.2 Å². The fourth-order valence-electron chi connectivity index (χ4n) is 11.4. The van der Waals surface area contributed by atoms with Crippen LogP contribution in [-0.2, 0) is 0 Å². The van der Waals surface area contributed by atoms with Gasteiger partial charge in [-0.05, 0) is 107 Å². The molecule has 0 aliphatic heterocycles. The van der Waals surface area contributed by atoms with Gasteiger partial charge in [-0.3, -0.25) is 0 Å². The Morgan fingerprint density at radius 1 is 0.258 bits per heavy atom. The average molecular weight is 838 g/mol. The lowest BCUT2D eigenvalue weighted by molar-refractivity contribution is 0.670. The molecule has 306 valence electrons. The summed E-state index contributed by atoms with van der Waals surface area (Å²) in [6.07, 6.45) is 0. The summed E-state index contributed by atoms with van der Waals surface area (Å²) in [6, 6.07) is 86.2. The molecule has 0 atom stereocenters. The Bertz CT molecular complexity index is 4160. The van der Waals surface area contributed by atoms with Crippen molar-refractivity contribution in [3.05, 3.63) is 237 Å². The monoisotopic (exact) mass is 837 g/mol. The SMILES string of the molecule is c1ccc(-c2c3ccccc3c(-c3cccc4c3oc3cccc(-c5c6ccccc6c(-c6cccc7c6c6ccccc6n7-c6ccccc6)c6ccccc56)c34)c3ccccc23)cc1. The maximum Gasteiger partial charge on any atom is 0.143 e. The number of hydrogen-bond acceptors (Lipinski definition) is 1. The van der Waals surface area contributed by atoms with E-state index in [2.05, 4.69) is 241 Å². The molecule has 14 rings (SSSR count). The Morgan fingerprint density at radius 3 is 1.23 bits per heavy atom. The second-order valence-electron chi connectivity index (χ2n) is 17.4. The van der Waals surface area contributed by atoms with Crippen LogP contribution in [-0.4, -0.2) is 4.57 Å². The predicted molar refractivity (Wildman–Crippen MR) is 280 cm³/mol. The highest BCUT2D eigenvalue weighted by Gasteiger charge is 2.25. The molecule has 0 radical (unpaired) electrons. The van der Waals surface area contributed by atoms with E-state index >= 15 is 0 Å². The summed E-state index contributed by atoms with van der Waals surface area (Å²) in [5.74, 6) is 0. The molecule has 66 heavy (non-hydrogen) atoms. The Hall–Kier alpha value is -8.72. The minimum atomic E-state index is 0.875. The standard InChI is InChI=1S/C64H39NO/c1-3-20-40(21-4-1)58-42-24-7-9-26-44(42)61(45-27-10-8-25-43(45)58)53-35-17-36-54-63-52(34-19-39-57(63)66-64(53)54)60-48-30-13-11-28-46(48)59(47-29-12-14-31-49(47)60)51-33-18-38-56-62(51)50-32-15-16-37-55(50)65(56)41-22-5-2-6-23-41/h1-39H. The molecule has 0 saturated carbocycles. The van der Waals surface area contributed by atoms with Gasteiger partial charge in [0, 0.05) is 38.4 Å². The van der Waals surface area contributed by atoms with Crippen LogP contribution < -0.4 is 0 Å². The lowest BCUT2D eigenvalue weighted by Crippen LogP contribution is -1.94. The number of para-hydroxylation sites is 3. The average Bonchev–Trinajstić information content (AvgIpc) is 3.94. The summed E-state index contributed by atoms with van der Waals surface area (Å²) in [6.45, 7) is 0. The van der Waals surface area contributed by atoms with E-state index in [0.717, 1.165) is 38.8 Å². The molecule has 2 heterocycles. The fourth-order valence-corrected chi connectivity index (χ4v) is 11.4. The van der Waals surface area contributed by atoms with Gasteiger partial charge in [-0.2, -0.15) is 0 Å². The molecule has 12 aromatic carbocycles. The molecule has 0 fully saturated rings. The first-order valence-electron chi connectivity index (χ1n) is 22.8. The summed E-state index contributed by atoms with van der Waals surface area (Å²) in [5.41, 5.74) is 14.9. The number of hydrogen-bond donors (Lipinski definition) is 0. The summed E-state index contributed by atoms with van der Waals surface area (Å²) in [7, 11) is 0. The molecular formula is C64H39NO. The fraction of sp³-hybridized carbons (Fsp3) is 0. The van der Waals surface area contributed by atoms with Crippen LogP contribution in [0, 0.1) is 0 Å². The Kier molecular flexibility index (Phi) is 8.02. The minimum Gasteiger partial charge on any atom is -0.455 e. The number of furan rings is 1. The normalized spacial score (nSPS) is 11.9. The first kappa shape index (κ1) is 36.7. The van der Waals surface area contributed by atoms with Crippen LogP contribution in [0.2, 0.25) is 0 Å². The molecule has 0 saturated heterocycles. The Morgan fingerprint density at radius 2 is 0.652 bits per heavy atom. The van der Waals surface area contributed by atoms with Gasteiger partial charge in [-0.25, -0.2) is 0 Å². The molecule has 0 bridgehead atoms. The maximum atomic E-state index is 7.16. The zero-order valence-corrected chi connectivity index (χ0v) is 35.9. The summed E-state index contributed by atoms with van der Waals surface area (Å²) in [4.78, 5) is 0. The Labute approximate surface area is 380 Å². The molecule has 2 aromatic heterocycles. The third-order valence-corrected chi connectivity index (χ3v) is 14.0. The van der Waals surface area contributed by atoms with Crippen molar-refractivity contribution in [2.24, 2.45) is 0 Å². The van der Waals surface area contributed by atoms with Gasteiger partial charge in [0.2, 0.25) is 0 Å². The third kappa shape index (κ3) is 5.24. The van der Waals surface area contributed by atoms with Gasteiger partial charge in [-0.15, -0.1) is 0 Å². The molecule has 2 nitrogen and oxygen atoms in total. The molecule has 0 aliphatic carbocycles. The molecule has 14 aromatic rings. The van der Waals surface area contributed by atoms with E-state index < -0.39 is 0 Å². The van der Waals surface area contributed by atoms with E-state index in [-0.39, 0.29) is 0 Å². The Balaban J connectivity index is 1.05. The molecule has 0 spiro atoms. The zero-order chi connectivity index (χ0) is 43.3. The van der Waals surface area contributed by atoms with E-state index in [0.29, 0.717) is 0 Å². The summed E-state index contributed by atoms with van der Waals surface area (Å²) in [5, 5.41) is 14.5. The van der Waals surface area contributed by atoms with Crippen molar-refractivity contribution in [2.45, 2.75) is 0 Å². The number of rotatable bonds is 5. The van der Waals surface area contributed by atoms with Gasteiger partial charge in [0.05, 0.1) is 11.0 Å². The van der Waals surface area contributed by atoms with E-state index in [1.807, 2.05) is 0 Å². The minimum absolute atomic E-state index is 0.875. The highest BCUT2D eigenvalue weighted by Crippen LogP contribution is 2.51. The molecule has 0 N–H and O–H groups in total. The van der Waals surface area contributed by atoms with Crippen LogP contribution >= 0.6 is 0 Å². The second-order valence-corrected chi connectivity index (χ2v) is 17.4. The number of fused-ring (bicyclic) bond motifs is 10. The van der Waals surface area contributed by atoms with Crippen LogP contribution in [0.5, 0.6) is 0 Å².